The Hall–Kier alpha value is -2.75. The van der Waals surface area contributed by atoms with Crippen LogP contribution in [0.2, 0.25) is 0 Å². The number of urea groups is 1. The second kappa shape index (κ2) is 8.96. The fraction of sp³-hybridized carbons (Fsp3) is 0.571. The SMILES string of the molecule is COC(=O)[C@H]1CC[C@H](N(C)C(=O)N2CCN(c3ccc(C#N)cc3)CC2)CC1. The van der Waals surface area contributed by atoms with Gasteiger partial charge in [-0.1, -0.05) is 0 Å². The number of benzene rings is 1. The molecule has 2 fully saturated rings. The monoisotopic (exact) mass is 384 g/mol. The number of hydrogen-bond acceptors (Lipinski definition) is 5. The summed E-state index contributed by atoms with van der Waals surface area (Å²) in [7, 11) is 3.31. The fourth-order valence-electron chi connectivity index (χ4n) is 4.15. The number of carbonyl (C=O) groups excluding carboxylic acids is 2. The minimum absolute atomic E-state index is 0.0271. The Balaban J connectivity index is 1.49. The van der Waals surface area contributed by atoms with Crippen molar-refractivity contribution in [2.75, 3.05) is 45.2 Å². The van der Waals surface area contributed by atoms with Crippen LogP contribution in [0.4, 0.5) is 10.5 Å². The zero-order chi connectivity index (χ0) is 20.1. The number of rotatable bonds is 3. The number of nitriles is 1. The average molecular weight is 384 g/mol. The molecule has 7 nitrogen and oxygen atoms in total. The number of anilines is 1. The maximum absolute atomic E-state index is 12.9. The van der Waals surface area contributed by atoms with Crippen molar-refractivity contribution in [2.45, 2.75) is 31.7 Å². The third-order valence-corrected chi connectivity index (χ3v) is 5.99. The number of hydrogen-bond donors (Lipinski definition) is 0. The van der Waals surface area contributed by atoms with Crippen LogP contribution in [-0.4, -0.2) is 68.2 Å². The van der Waals surface area contributed by atoms with E-state index in [2.05, 4.69) is 11.0 Å². The van der Waals surface area contributed by atoms with Crippen LogP contribution >= 0.6 is 0 Å². The highest BCUT2D eigenvalue weighted by molar-refractivity contribution is 5.75. The number of methoxy groups -OCH3 is 1. The summed E-state index contributed by atoms with van der Waals surface area (Å²) < 4.78 is 4.84. The quantitative estimate of drug-likeness (QED) is 0.748. The van der Waals surface area contributed by atoms with Gasteiger partial charge in [-0.25, -0.2) is 4.79 Å². The second-order valence-corrected chi connectivity index (χ2v) is 7.55. The molecule has 2 aliphatic rings. The predicted octanol–water partition coefficient (Wildman–Crippen LogP) is 2.46. The van der Waals surface area contributed by atoms with Gasteiger partial charge in [0.15, 0.2) is 0 Å². The number of piperazine rings is 1. The van der Waals surface area contributed by atoms with Crippen molar-refractivity contribution in [3.8, 4) is 6.07 Å². The van der Waals surface area contributed by atoms with Gasteiger partial charge >= 0.3 is 12.0 Å². The van der Waals surface area contributed by atoms with Crippen molar-refractivity contribution >= 4 is 17.7 Å². The maximum Gasteiger partial charge on any atom is 0.320 e. The molecule has 28 heavy (non-hydrogen) atoms. The van der Waals surface area contributed by atoms with E-state index < -0.39 is 0 Å². The van der Waals surface area contributed by atoms with Crippen molar-refractivity contribution in [3.05, 3.63) is 29.8 Å². The molecule has 1 saturated heterocycles. The molecule has 1 aliphatic carbocycles. The Labute approximate surface area is 166 Å². The van der Waals surface area contributed by atoms with Gasteiger partial charge in [-0.05, 0) is 49.9 Å². The molecule has 7 heteroatoms. The molecular weight excluding hydrogens is 356 g/mol. The smallest absolute Gasteiger partial charge is 0.320 e. The molecule has 2 amide bonds. The first-order valence-electron chi connectivity index (χ1n) is 9.88. The Kier molecular flexibility index (Phi) is 6.40. The molecule has 0 aromatic heterocycles. The highest BCUT2D eigenvalue weighted by atomic mass is 16.5. The lowest BCUT2D eigenvalue weighted by Gasteiger charge is -2.40. The third kappa shape index (κ3) is 4.38. The van der Waals surface area contributed by atoms with Gasteiger partial charge < -0.3 is 19.4 Å². The van der Waals surface area contributed by atoms with Crippen LogP contribution in [0.3, 0.4) is 0 Å². The highest BCUT2D eigenvalue weighted by Crippen LogP contribution is 2.28. The summed E-state index contributed by atoms with van der Waals surface area (Å²) in [5.74, 6) is -0.160. The van der Waals surface area contributed by atoms with E-state index in [0.717, 1.165) is 44.5 Å². The molecule has 1 aromatic rings. The second-order valence-electron chi connectivity index (χ2n) is 7.55. The molecule has 0 unspecified atom stereocenters. The third-order valence-electron chi connectivity index (χ3n) is 5.99. The summed E-state index contributed by atoms with van der Waals surface area (Å²) >= 11 is 0. The summed E-state index contributed by atoms with van der Waals surface area (Å²) in [6, 6.07) is 9.96. The zero-order valence-corrected chi connectivity index (χ0v) is 16.6. The van der Waals surface area contributed by atoms with Gasteiger partial charge in [-0.15, -0.1) is 0 Å². The number of esters is 1. The summed E-state index contributed by atoms with van der Waals surface area (Å²) in [6.07, 6.45) is 3.24. The maximum atomic E-state index is 12.9. The Morgan fingerprint density at radius 2 is 1.68 bits per heavy atom. The van der Waals surface area contributed by atoms with Gasteiger partial charge in [0.1, 0.15) is 0 Å². The van der Waals surface area contributed by atoms with E-state index in [4.69, 9.17) is 10.00 Å². The van der Waals surface area contributed by atoms with Gasteiger partial charge in [0.2, 0.25) is 0 Å². The lowest BCUT2D eigenvalue weighted by Crippen LogP contribution is -2.54. The number of ether oxygens (including phenoxy) is 1. The van der Waals surface area contributed by atoms with E-state index in [9.17, 15) is 9.59 Å². The molecule has 1 saturated carbocycles. The number of carbonyl (C=O) groups is 2. The van der Waals surface area contributed by atoms with Crippen molar-refractivity contribution in [3.63, 3.8) is 0 Å². The van der Waals surface area contributed by atoms with Crippen LogP contribution in [0.25, 0.3) is 0 Å². The highest BCUT2D eigenvalue weighted by Gasteiger charge is 2.32. The number of amides is 2. The van der Waals surface area contributed by atoms with Gasteiger partial charge in [0.05, 0.1) is 24.7 Å². The van der Waals surface area contributed by atoms with Crippen molar-refractivity contribution < 1.29 is 14.3 Å². The Morgan fingerprint density at radius 1 is 1.07 bits per heavy atom. The van der Waals surface area contributed by atoms with Gasteiger partial charge in [-0.2, -0.15) is 5.26 Å². The van der Waals surface area contributed by atoms with Gasteiger partial charge in [0, 0.05) is 45.0 Å². The van der Waals surface area contributed by atoms with E-state index in [1.807, 2.05) is 41.1 Å². The van der Waals surface area contributed by atoms with E-state index in [0.29, 0.717) is 18.7 Å². The first-order chi connectivity index (χ1) is 13.5. The lowest BCUT2D eigenvalue weighted by atomic mass is 9.85. The fourth-order valence-corrected chi connectivity index (χ4v) is 4.15. The van der Waals surface area contributed by atoms with Crippen LogP contribution in [0, 0.1) is 17.2 Å². The predicted molar refractivity (Wildman–Crippen MR) is 106 cm³/mol. The summed E-state index contributed by atoms with van der Waals surface area (Å²) in [5, 5.41) is 8.91. The molecular formula is C21H28N4O3. The minimum Gasteiger partial charge on any atom is -0.469 e. The molecule has 0 N–H and O–H groups in total. The van der Waals surface area contributed by atoms with Crippen LogP contribution < -0.4 is 4.90 Å². The molecule has 0 radical (unpaired) electrons. The molecule has 1 aromatic carbocycles. The van der Waals surface area contributed by atoms with E-state index in [1.165, 1.54) is 7.11 Å². The van der Waals surface area contributed by atoms with Crippen LogP contribution in [0.1, 0.15) is 31.2 Å². The van der Waals surface area contributed by atoms with Gasteiger partial charge in [0.25, 0.3) is 0 Å². The summed E-state index contributed by atoms with van der Waals surface area (Å²) in [5.41, 5.74) is 1.74. The largest absolute Gasteiger partial charge is 0.469 e. The van der Waals surface area contributed by atoms with E-state index >= 15 is 0 Å². The van der Waals surface area contributed by atoms with Crippen LogP contribution in [0.15, 0.2) is 24.3 Å². The molecule has 3 rings (SSSR count). The molecule has 0 spiro atoms. The first-order valence-corrected chi connectivity index (χ1v) is 9.88. The molecule has 1 aliphatic heterocycles. The van der Waals surface area contributed by atoms with Crippen LogP contribution in [0.5, 0.6) is 0 Å². The van der Waals surface area contributed by atoms with Crippen molar-refractivity contribution in [2.24, 2.45) is 5.92 Å². The van der Waals surface area contributed by atoms with Crippen molar-refractivity contribution in [1.29, 1.82) is 5.26 Å². The van der Waals surface area contributed by atoms with Crippen LogP contribution in [-0.2, 0) is 9.53 Å². The summed E-state index contributed by atoms with van der Waals surface area (Å²) in [6.45, 7) is 2.92. The minimum atomic E-state index is -0.133. The molecule has 150 valence electrons. The van der Waals surface area contributed by atoms with E-state index in [-0.39, 0.29) is 24.0 Å². The molecule has 0 bridgehead atoms. The first kappa shape index (κ1) is 20.0. The standard InChI is InChI=1S/C21H28N4O3/c1-23(18-9-5-17(6-10-18)20(26)28-2)21(27)25-13-11-24(12-14-25)19-7-3-16(15-22)4-8-19/h3-4,7-8,17-18H,5-6,9-14H2,1-2H3/t17-,18-. The zero-order valence-electron chi connectivity index (χ0n) is 16.6. The normalized spacial score (nSPS) is 22.3. The van der Waals surface area contributed by atoms with E-state index in [1.54, 1.807) is 0 Å². The molecule has 0 atom stereocenters. The topological polar surface area (TPSA) is 76.9 Å². The average Bonchev–Trinajstić information content (AvgIpc) is 2.78. The number of nitrogens with zero attached hydrogens (tertiary/aromatic N) is 4. The molecule has 1 heterocycles. The Morgan fingerprint density at radius 3 is 2.21 bits per heavy atom. The lowest BCUT2D eigenvalue weighted by molar-refractivity contribution is -0.146. The van der Waals surface area contributed by atoms with Crippen molar-refractivity contribution in [1.82, 2.24) is 9.80 Å². The Bertz CT molecular complexity index is 727. The summed E-state index contributed by atoms with van der Waals surface area (Å²) in [4.78, 5) is 30.6. The van der Waals surface area contributed by atoms with Gasteiger partial charge in [-0.3, -0.25) is 4.79 Å².